The zero-order chi connectivity index (χ0) is 19.8. The molecule has 1 aromatic carbocycles. The number of carbonyl (C=O) groups is 3. The van der Waals surface area contributed by atoms with Crippen LogP contribution in [-0.2, 0) is 9.59 Å². The molecule has 2 unspecified atom stereocenters. The minimum Gasteiger partial charge on any atom is -0.481 e. The van der Waals surface area contributed by atoms with Crippen molar-refractivity contribution in [2.24, 2.45) is 11.8 Å². The van der Waals surface area contributed by atoms with E-state index in [1.807, 2.05) is 4.90 Å². The molecule has 27 heavy (non-hydrogen) atoms. The number of anilines is 1. The van der Waals surface area contributed by atoms with Crippen molar-refractivity contribution in [3.05, 3.63) is 29.8 Å². The molecule has 6 nitrogen and oxygen atoms in total. The number of carboxylic acids is 1. The summed E-state index contributed by atoms with van der Waals surface area (Å²) in [5.74, 6) is -1.66. The van der Waals surface area contributed by atoms with Crippen LogP contribution in [0.25, 0.3) is 0 Å². The molecule has 2 N–H and O–H groups in total. The molecule has 0 spiro atoms. The average Bonchev–Trinajstić information content (AvgIpc) is 2.68. The largest absolute Gasteiger partial charge is 0.481 e. The highest BCUT2D eigenvalue weighted by atomic mass is 16.4. The van der Waals surface area contributed by atoms with Crippen LogP contribution in [0.2, 0.25) is 0 Å². The minimum absolute atomic E-state index is 0.00755. The van der Waals surface area contributed by atoms with Gasteiger partial charge in [-0.1, -0.05) is 20.3 Å². The van der Waals surface area contributed by atoms with E-state index >= 15 is 0 Å². The zero-order valence-electron chi connectivity index (χ0n) is 16.2. The quantitative estimate of drug-likeness (QED) is 0.725. The van der Waals surface area contributed by atoms with Gasteiger partial charge in [0.1, 0.15) is 0 Å². The third-order valence-electron chi connectivity index (χ3n) is 5.07. The van der Waals surface area contributed by atoms with Crippen LogP contribution in [0, 0.1) is 11.8 Å². The maximum Gasteiger partial charge on any atom is 0.306 e. The Hall–Kier alpha value is -2.37. The van der Waals surface area contributed by atoms with Gasteiger partial charge in [-0.25, -0.2) is 0 Å². The van der Waals surface area contributed by atoms with Crippen molar-refractivity contribution in [1.82, 2.24) is 4.90 Å². The molecule has 1 aliphatic rings. The molecular weight excluding hydrogens is 344 g/mol. The van der Waals surface area contributed by atoms with E-state index in [-0.39, 0.29) is 17.7 Å². The van der Waals surface area contributed by atoms with E-state index in [0.29, 0.717) is 24.1 Å². The van der Waals surface area contributed by atoms with E-state index < -0.39 is 11.9 Å². The Morgan fingerprint density at radius 1 is 1.04 bits per heavy atom. The average molecular weight is 374 g/mol. The Balaban J connectivity index is 1.97. The topological polar surface area (TPSA) is 86.7 Å². The molecule has 1 aromatic rings. The summed E-state index contributed by atoms with van der Waals surface area (Å²) < 4.78 is 0. The van der Waals surface area contributed by atoms with Crippen molar-refractivity contribution in [3.8, 4) is 0 Å². The number of hydrogen-bond donors (Lipinski definition) is 2. The maximum absolute atomic E-state index is 12.6. The lowest BCUT2D eigenvalue weighted by molar-refractivity contribution is -0.143. The molecule has 0 aliphatic heterocycles. The van der Waals surface area contributed by atoms with Crippen LogP contribution in [-0.4, -0.2) is 40.9 Å². The predicted molar refractivity (Wildman–Crippen MR) is 105 cm³/mol. The Bertz CT molecular complexity index is 651. The van der Waals surface area contributed by atoms with Crippen LogP contribution >= 0.6 is 0 Å². The second-order valence-electron chi connectivity index (χ2n) is 7.26. The smallest absolute Gasteiger partial charge is 0.306 e. The van der Waals surface area contributed by atoms with E-state index in [9.17, 15) is 14.4 Å². The fourth-order valence-electron chi connectivity index (χ4n) is 3.63. The predicted octanol–water partition coefficient (Wildman–Crippen LogP) is 3.78. The Morgan fingerprint density at radius 3 is 2.19 bits per heavy atom. The van der Waals surface area contributed by atoms with E-state index in [1.165, 1.54) is 0 Å². The summed E-state index contributed by atoms with van der Waals surface area (Å²) in [5, 5.41) is 12.0. The summed E-state index contributed by atoms with van der Waals surface area (Å²) in [4.78, 5) is 38.1. The molecule has 0 heterocycles. The number of carboxylic acid groups (broad SMARTS) is 1. The van der Waals surface area contributed by atoms with E-state index in [4.69, 9.17) is 5.11 Å². The number of amides is 2. The summed E-state index contributed by atoms with van der Waals surface area (Å²) in [5.41, 5.74) is 1.24. The number of nitrogens with zero attached hydrogens (tertiary/aromatic N) is 1. The summed E-state index contributed by atoms with van der Waals surface area (Å²) in [6, 6.07) is 6.94. The molecule has 0 aromatic heterocycles. The lowest BCUT2D eigenvalue weighted by Gasteiger charge is -2.25. The SMILES string of the molecule is CCCN(CCC)C(=O)c1ccc(NC(=O)C2CCCC(C(=O)O)C2)cc1. The van der Waals surface area contributed by atoms with Crippen molar-refractivity contribution in [1.29, 1.82) is 0 Å². The molecule has 1 saturated carbocycles. The van der Waals surface area contributed by atoms with Crippen LogP contribution in [0.3, 0.4) is 0 Å². The molecule has 2 amide bonds. The molecule has 1 aliphatic carbocycles. The van der Waals surface area contributed by atoms with Gasteiger partial charge in [0.2, 0.25) is 5.91 Å². The standard InChI is InChI=1S/C21H30N2O4/c1-3-12-23(13-4-2)20(25)15-8-10-18(11-9-15)22-19(24)16-6-5-7-17(14-16)21(26)27/h8-11,16-17H,3-7,12-14H2,1-2H3,(H,22,24)(H,26,27). The van der Waals surface area contributed by atoms with Gasteiger partial charge in [-0.15, -0.1) is 0 Å². The van der Waals surface area contributed by atoms with Gasteiger partial charge in [0.25, 0.3) is 5.91 Å². The molecular formula is C21H30N2O4. The van der Waals surface area contributed by atoms with E-state index in [2.05, 4.69) is 19.2 Å². The van der Waals surface area contributed by atoms with Gasteiger partial charge in [-0.05, 0) is 56.4 Å². The molecule has 1 fully saturated rings. The van der Waals surface area contributed by atoms with Crippen molar-refractivity contribution < 1.29 is 19.5 Å². The Labute approximate surface area is 160 Å². The summed E-state index contributed by atoms with van der Waals surface area (Å²) in [6.07, 6.45) is 4.34. The van der Waals surface area contributed by atoms with E-state index in [0.717, 1.165) is 38.8 Å². The van der Waals surface area contributed by atoms with Gasteiger partial charge in [-0.2, -0.15) is 0 Å². The highest BCUT2D eigenvalue weighted by Crippen LogP contribution is 2.30. The molecule has 2 rings (SSSR count). The lowest BCUT2D eigenvalue weighted by Crippen LogP contribution is -2.32. The van der Waals surface area contributed by atoms with Crippen LogP contribution in [0.15, 0.2) is 24.3 Å². The molecule has 0 bridgehead atoms. The fraction of sp³-hybridized carbons (Fsp3) is 0.571. The Morgan fingerprint density at radius 2 is 1.63 bits per heavy atom. The first-order chi connectivity index (χ1) is 13.0. The van der Waals surface area contributed by atoms with Crippen molar-refractivity contribution in [3.63, 3.8) is 0 Å². The number of hydrogen-bond acceptors (Lipinski definition) is 3. The number of nitrogens with one attached hydrogen (secondary N) is 1. The van der Waals surface area contributed by atoms with Crippen LogP contribution in [0.1, 0.15) is 62.7 Å². The van der Waals surface area contributed by atoms with Crippen LogP contribution in [0.4, 0.5) is 5.69 Å². The third kappa shape index (κ3) is 5.81. The maximum atomic E-state index is 12.6. The van der Waals surface area contributed by atoms with Gasteiger partial charge in [0.05, 0.1) is 5.92 Å². The monoisotopic (exact) mass is 374 g/mol. The second kappa shape index (κ2) is 10.1. The molecule has 0 saturated heterocycles. The first kappa shape index (κ1) is 20.9. The van der Waals surface area contributed by atoms with Gasteiger partial charge in [0.15, 0.2) is 0 Å². The number of aliphatic carboxylic acids is 1. The summed E-state index contributed by atoms with van der Waals surface area (Å²) in [7, 11) is 0. The second-order valence-corrected chi connectivity index (χ2v) is 7.26. The fourth-order valence-corrected chi connectivity index (χ4v) is 3.63. The molecule has 6 heteroatoms. The number of benzene rings is 1. The lowest BCUT2D eigenvalue weighted by atomic mass is 9.81. The first-order valence-corrected chi connectivity index (χ1v) is 9.89. The summed E-state index contributed by atoms with van der Waals surface area (Å²) in [6.45, 7) is 5.57. The van der Waals surface area contributed by atoms with Gasteiger partial charge < -0.3 is 15.3 Å². The van der Waals surface area contributed by atoms with Crippen molar-refractivity contribution in [2.75, 3.05) is 18.4 Å². The van der Waals surface area contributed by atoms with Gasteiger partial charge in [-0.3, -0.25) is 14.4 Å². The molecule has 0 radical (unpaired) electrons. The van der Waals surface area contributed by atoms with E-state index in [1.54, 1.807) is 24.3 Å². The van der Waals surface area contributed by atoms with Gasteiger partial charge in [0, 0.05) is 30.3 Å². The van der Waals surface area contributed by atoms with Crippen LogP contribution < -0.4 is 5.32 Å². The van der Waals surface area contributed by atoms with Crippen molar-refractivity contribution >= 4 is 23.5 Å². The highest BCUT2D eigenvalue weighted by molar-refractivity contribution is 5.96. The molecule has 148 valence electrons. The first-order valence-electron chi connectivity index (χ1n) is 9.89. The zero-order valence-corrected chi connectivity index (χ0v) is 16.2. The number of carbonyl (C=O) groups excluding carboxylic acids is 2. The van der Waals surface area contributed by atoms with Crippen LogP contribution in [0.5, 0.6) is 0 Å². The summed E-state index contributed by atoms with van der Waals surface area (Å²) >= 11 is 0. The van der Waals surface area contributed by atoms with Gasteiger partial charge >= 0.3 is 5.97 Å². The Kier molecular flexibility index (Phi) is 7.82. The van der Waals surface area contributed by atoms with Crippen molar-refractivity contribution in [2.45, 2.75) is 52.4 Å². The third-order valence-corrected chi connectivity index (χ3v) is 5.07. The highest BCUT2D eigenvalue weighted by Gasteiger charge is 2.31. The molecule has 2 atom stereocenters. The minimum atomic E-state index is -0.820. The normalized spacial score (nSPS) is 19.3. The number of rotatable bonds is 8.